The fourth-order valence-electron chi connectivity index (χ4n) is 1.19. The minimum absolute atomic E-state index is 0.105. The maximum Gasteiger partial charge on any atom is 0.224 e. The normalized spacial score (nSPS) is 10.6. The van der Waals surface area contributed by atoms with Gasteiger partial charge in [-0.1, -0.05) is 13.8 Å². The fourth-order valence-corrected chi connectivity index (χ4v) is 2.60. The van der Waals surface area contributed by atoms with Crippen LogP contribution in [0.1, 0.15) is 20.8 Å². The second kappa shape index (κ2) is 4.94. The first-order valence-corrected chi connectivity index (χ1v) is 6.15. The quantitative estimate of drug-likeness (QED) is 0.827. The lowest BCUT2D eigenvalue weighted by Gasteiger charge is -2.21. The molecule has 1 rings (SSSR count). The molecular weight excluding hydrogens is 262 g/mol. The number of rotatable bonds is 3. The van der Waals surface area contributed by atoms with Crippen LogP contribution in [0, 0.1) is 5.92 Å². The minimum atomic E-state index is 0.105. The first-order chi connectivity index (χ1) is 6.50. The van der Waals surface area contributed by atoms with Gasteiger partial charge in [0.05, 0.1) is 8.79 Å². The summed E-state index contributed by atoms with van der Waals surface area (Å²) in [5.74, 6) is 0.591. The number of hydrogen-bond acceptors (Lipinski definition) is 2. The van der Waals surface area contributed by atoms with Gasteiger partial charge < -0.3 is 4.90 Å². The van der Waals surface area contributed by atoms with Crippen molar-refractivity contribution in [3.8, 4) is 0 Å². The van der Waals surface area contributed by atoms with E-state index >= 15 is 0 Å². The van der Waals surface area contributed by atoms with Crippen molar-refractivity contribution in [1.29, 1.82) is 0 Å². The average Bonchev–Trinajstić information content (AvgIpc) is 2.46. The average molecular weight is 276 g/mol. The Morgan fingerprint density at radius 2 is 2.21 bits per heavy atom. The third-order valence-electron chi connectivity index (χ3n) is 1.75. The molecule has 0 spiro atoms. The maximum atomic E-state index is 11.4. The van der Waals surface area contributed by atoms with Crippen LogP contribution in [0.2, 0.25) is 0 Å². The summed E-state index contributed by atoms with van der Waals surface area (Å²) in [6.45, 7) is 6.61. The van der Waals surface area contributed by atoms with E-state index in [0.717, 1.165) is 15.3 Å². The standard InChI is InChI=1S/C10H14BrNOS/c1-7(2)6-12(8(3)13)10-5-4-9(11)14-10/h4-5,7H,6H2,1-3H3. The zero-order valence-electron chi connectivity index (χ0n) is 8.58. The summed E-state index contributed by atoms with van der Waals surface area (Å²) in [4.78, 5) is 13.2. The maximum absolute atomic E-state index is 11.4. The van der Waals surface area contributed by atoms with Gasteiger partial charge in [0.2, 0.25) is 5.91 Å². The van der Waals surface area contributed by atoms with Gasteiger partial charge in [0.15, 0.2) is 0 Å². The third kappa shape index (κ3) is 3.10. The molecule has 0 radical (unpaired) electrons. The summed E-state index contributed by atoms with van der Waals surface area (Å²) < 4.78 is 1.06. The highest BCUT2D eigenvalue weighted by atomic mass is 79.9. The highest BCUT2D eigenvalue weighted by molar-refractivity contribution is 9.11. The number of amides is 1. The lowest BCUT2D eigenvalue weighted by molar-refractivity contribution is -0.116. The van der Waals surface area contributed by atoms with Gasteiger partial charge in [-0.25, -0.2) is 0 Å². The lowest BCUT2D eigenvalue weighted by Crippen LogP contribution is -2.31. The zero-order valence-corrected chi connectivity index (χ0v) is 11.0. The van der Waals surface area contributed by atoms with Crippen LogP contribution >= 0.6 is 27.3 Å². The Morgan fingerprint density at radius 1 is 1.57 bits per heavy atom. The molecule has 0 saturated heterocycles. The molecular formula is C10H14BrNOS. The first-order valence-electron chi connectivity index (χ1n) is 4.54. The molecule has 0 fully saturated rings. The SMILES string of the molecule is CC(=O)N(CC(C)C)c1ccc(Br)s1. The van der Waals surface area contributed by atoms with Crippen LogP contribution < -0.4 is 4.90 Å². The molecule has 1 heterocycles. The Balaban J connectivity index is 2.83. The summed E-state index contributed by atoms with van der Waals surface area (Å²) in [7, 11) is 0. The summed E-state index contributed by atoms with van der Waals surface area (Å²) in [5, 5.41) is 1.01. The zero-order chi connectivity index (χ0) is 10.7. The molecule has 0 aliphatic carbocycles. The summed E-state index contributed by atoms with van der Waals surface area (Å²) >= 11 is 4.98. The van der Waals surface area contributed by atoms with Gasteiger partial charge in [0.25, 0.3) is 0 Å². The Hall–Kier alpha value is -0.350. The largest absolute Gasteiger partial charge is 0.304 e. The van der Waals surface area contributed by atoms with Crippen molar-refractivity contribution >= 4 is 38.2 Å². The number of nitrogens with zero attached hydrogens (tertiary/aromatic N) is 1. The molecule has 0 unspecified atom stereocenters. The van der Waals surface area contributed by atoms with Crippen molar-refractivity contribution in [2.24, 2.45) is 5.92 Å². The van der Waals surface area contributed by atoms with Crippen molar-refractivity contribution < 1.29 is 4.79 Å². The Kier molecular flexibility index (Phi) is 4.13. The van der Waals surface area contributed by atoms with E-state index in [1.165, 1.54) is 0 Å². The van der Waals surface area contributed by atoms with E-state index in [0.29, 0.717) is 5.92 Å². The smallest absolute Gasteiger partial charge is 0.224 e. The van der Waals surface area contributed by atoms with Crippen LogP contribution in [0.5, 0.6) is 0 Å². The van der Waals surface area contributed by atoms with Gasteiger partial charge in [-0.05, 0) is 34.0 Å². The molecule has 0 bridgehead atoms. The van der Waals surface area contributed by atoms with Crippen LogP contribution in [0.3, 0.4) is 0 Å². The van der Waals surface area contributed by atoms with Crippen LogP contribution in [0.25, 0.3) is 0 Å². The van der Waals surface area contributed by atoms with Crippen molar-refractivity contribution in [2.75, 3.05) is 11.4 Å². The number of thiophene rings is 1. The van der Waals surface area contributed by atoms with Crippen LogP contribution in [0.4, 0.5) is 5.00 Å². The van der Waals surface area contributed by atoms with E-state index in [1.807, 2.05) is 17.0 Å². The van der Waals surface area contributed by atoms with E-state index in [-0.39, 0.29) is 5.91 Å². The van der Waals surface area contributed by atoms with Crippen LogP contribution in [-0.2, 0) is 4.79 Å². The number of carbonyl (C=O) groups is 1. The highest BCUT2D eigenvalue weighted by Crippen LogP contribution is 2.30. The van der Waals surface area contributed by atoms with Crippen molar-refractivity contribution in [3.05, 3.63) is 15.9 Å². The molecule has 14 heavy (non-hydrogen) atoms. The summed E-state index contributed by atoms with van der Waals surface area (Å²) in [6.07, 6.45) is 0. The molecule has 2 nitrogen and oxygen atoms in total. The van der Waals surface area contributed by atoms with E-state index in [9.17, 15) is 4.79 Å². The molecule has 1 aromatic rings. The monoisotopic (exact) mass is 275 g/mol. The number of anilines is 1. The van der Waals surface area contributed by atoms with Crippen molar-refractivity contribution in [3.63, 3.8) is 0 Å². The number of carbonyl (C=O) groups excluding carboxylic acids is 1. The molecule has 78 valence electrons. The molecule has 0 atom stereocenters. The second-order valence-electron chi connectivity index (χ2n) is 3.60. The molecule has 0 N–H and O–H groups in total. The molecule has 0 aliphatic rings. The highest BCUT2D eigenvalue weighted by Gasteiger charge is 2.14. The van der Waals surface area contributed by atoms with Crippen LogP contribution in [-0.4, -0.2) is 12.5 Å². The van der Waals surface area contributed by atoms with Gasteiger partial charge in [-0.3, -0.25) is 4.79 Å². The van der Waals surface area contributed by atoms with Gasteiger partial charge >= 0.3 is 0 Å². The van der Waals surface area contributed by atoms with Gasteiger partial charge in [0, 0.05) is 13.5 Å². The minimum Gasteiger partial charge on any atom is -0.304 e. The lowest BCUT2D eigenvalue weighted by atomic mass is 10.2. The van der Waals surface area contributed by atoms with Gasteiger partial charge in [-0.2, -0.15) is 0 Å². The fraction of sp³-hybridized carbons (Fsp3) is 0.500. The summed E-state index contributed by atoms with van der Waals surface area (Å²) in [5.41, 5.74) is 0. The topological polar surface area (TPSA) is 20.3 Å². The van der Waals surface area contributed by atoms with E-state index in [4.69, 9.17) is 0 Å². The molecule has 0 aliphatic heterocycles. The number of hydrogen-bond donors (Lipinski definition) is 0. The molecule has 1 aromatic heterocycles. The predicted octanol–water partition coefficient (Wildman–Crippen LogP) is 3.52. The van der Waals surface area contributed by atoms with Crippen molar-refractivity contribution in [1.82, 2.24) is 0 Å². The van der Waals surface area contributed by atoms with E-state index < -0.39 is 0 Å². The summed E-state index contributed by atoms with van der Waals surface area (Å²) in [6, 6.07) is 3.94. The molecule has 0 saturated carbocycles. The van der Waals surface area contributed by atoms with E-state index in [2.05, 4.69) is 29.8 Å². The second-order valence-corrected chi connectivity index (χ2v) is 6.04. The van der Waals surface area contributed by atoms with Crippen LogP contribution in [0.15, 0.2) is 15.9 Å². The van der Waals surface area contributed by atoms with E-state index in [1.54, 1.807) is 18.3 Å². The first kappa shape index (κ1) is 11.7. The van der Waals surface area contributed by atoms with Crippen molar-refractivity contribution in [2.45, 2.75) is 20.8 Å². The molecule has 4 heteroatoms. The van der Waals surface area contributed by atoms with Gasteiger partial charge in [-0.15, -0.1) is 11.3 Å². The predicted molar refractivity (Wildman–Crippen MR) is 64.9 cm³/mol. The Morgan fingerprint density at radius 3 is 2.57 bits per heavy atom. The Bertz CT molecular complexity index is 322. The number of halogens is 1. The molecule has 1 amide bonds. The third-order valence-corrected chi connectivity index (χ3v) is 3.40. The Labute approximate surface area is 97.1 Å². The van der Waals surface area contributed by atoms with Gasteiger partial charge in [0.1, 0.15) is 0 Å². The molecule has 0 aromatic carbocycles.